The quantitative estimate of drug-likeness (QED) is 0.143. The first-order chi connectivity index (χ1) is 31.3. The van der Waals surface area contributed by atoms with Gasteiger partial charge in [-0.2, -0.15) is 0 Å². The van der Waals surface area contributed by atoms with Crippen molar-refractivity contribution in [2.24, 2.45) is 0 Å². The van der Waals surface area contributed by atoms with Crippen LogP contribution in [0.15, 0.2) is 247 Å². The minimum atomic E-state index is 0.851. The van der Waals surface area contributed by atoms with Crippen LogP contribution in [-0.4, -0.2) is 0 Å². The second-order valence-electron chi connectivity index (χ2n) is 16.0. The van der Waals surface area contributed by atoms with Gasteiger partial charge in [-0.1, -0.05) is 182 Å². The molecule has 0 spiro atoms. The molecular weight excluding hydrogens is 765 g/mol. The lowest BCUT2D eigenvalue weighted by Crippen LogP contribution is -2.10. The standard InChI is InChI=1S/C60H40N2O/c1-5-21-43(22-6-1)57-58-53-39-47(61(45-27-9-3-10-28-45)55-33-17-25-41-19-13-15-31-49(41)55)35-37-51(53)52-38-36-48(40-54(52)60(58)63-59(57)44-23-7-2-8-24-44)62(46-29-11-4-12-30-46)56-34-18-26-42-20-14-16-32-50(42)56/h1-40H. The van der Waals surface area contributed by atoms with Crippen LogP contribution in [0, 0.1) is 0 Å². The van der Waals surface area contributed by atoms with Crippen LogP contribution in [0.3, 0.4) is 0 Å². The molecule has 0 aliphatic rings. The lowest BCUT2D eigenvalue weighted by atomic mass is 9.91. The van der Waals surface area contributed by atoms with E-state index in [0.29, 0.717) is 0 Å². The molecule has 0 aliphatic carbocycles. The molecule has 12 rings (SSSR count). The maximum Gasteiger partial charge on any atom is 0.144 e. The van der Waals surface area contributed by atoms with E-state index >= 15 is 0 Å². The topological polar surface area (TPSA) is 19.6 Å². The van der Waals surface area contributed by atoms with Crippen LogP contribution in [0.1, 0.15) is 0 Å². The zero-order valence-corrected chi connectivity index (χ0v) is 34.4. The Morgan fingerprint density at radius 3 is 1.25 bits per heavy atom. The number of furan rings is 1. The van der Waals surface area contributed by atoms with E-state index in [1.165, 1.54) is 21.5 Å². The maximum absolute atomic E-state index is 7.37. The predicted molar refractivity (Wildman–Crippen MR) is 266 cm³/mol. The van der Waals surface area contributed by atoms with Gasteiger partial charge in [0.15, 0.2) is 0 Å². The molecule has 0 bridgehead atoms. The van der Waals surface area contributed by atoms with Crippen LogP contribution in [0.5, 0.6) is 0 Å². The van der Waals surface area contributed by atoms with Crippen molar-refractivity contribution in [2.45, 2.75) is 0 Å². The number of rotatable bonds is 8. The van der Waals surface area contributed by atoms with Gasteiger partial charge in [-0.05, 0) is 93.2 Å². The van der Waals surface area contributed by atoms with Gasteiger partial charge in [0.1, 0.15) is 11.3 Å². The predicted octanol–water partition coefficient (Wildman–Crippen LogP) is 17.3. The summed E-state index contributed by atoms with van der Waals surface area (Å²) in [7, 11) is 0. The highest BCUT2D eigenvalue weighted by Gasteiger charge is 2.25. The number of fused-ring (bicyclic) bond motifs is 8. The number of nitrogens with zero attached hydrogens (tertiary/aromatic N) is 2. The molecule has 0 saturated carbocycles. The van der Waals surface area contributed by atoms with E-state index in [1.807, 2.05) is 0 Å². The van der Waals surface area contributed by atoms with Gasteiger partial charge < -0.3 is 14.2 Å². The van der Waals surface area contributed by atoms with Crippen molar-refractivity contribution in [3.63, 3.8) is 0 Å². The highest BCUT2D eigenvalue weighted by Crippen LogP contribution is 2.50. The van der Waals surface area contributed by atoms with Crippen molar-refractivity contribution in [3.05, 3.63) is 243 Å². The molecule has 63 heavy (non-hydrogen) atoms. The fourth-order valence-electron chi connectivity index (χ4n) is 9.57. The first kappa shape index (κ1) is 36.5. The fraction of sp³-hybridized carbons (Fsp3) is 0. The van der Waals surface area contributed by atoms with E-state index in [1.54, 1.807) is 0 Å². The average Bonchev–Trinajstić information content (AvgIpc) is 3.77. The molecule has 3 nitrogen and oxygen atoms in total. The van der Waals surface area contributed by atoms with Gasteiger partial charge in [0.05, 0.1) is 11.4 Å². The zero-order chi connectivity index (χ0) is 41.7. The Kier molecular flexibility index (Phi) is 8.83. The van der Waals surface area contributed by atoms with E-state index in [-0.39, 0.29) is 0 Å². The van der Waals surface area contributed by atoms with Crippen molar-refractivity contribution in [2.75, 3.05) is 9.80 Å². The average molecular weight is 805 g/mol. The van der Waals surface area contributed by atoms with Crippen LogP contribution in [0.2, 0.25) is 0 Å². The van der Waals surface area contributed by atoms with Gasteiger partial charge >= 0.3 is 0 Å². The van der Waals surface area contributed by atoms with E-state index in [2.05, 4.69) is 252 Å². The highest BCUT2D eigenvalue weighted by atomic mass is 16.3. The van der Waals surface area contributed by atoms with Gasteiger partial charge in [-0.3, -0.25) is 0 Å². The molecule has 0 N–H and O–H groups in total. The van der Waals surface area contributed by atoms with E-state index in [0.717, 1.165) is 89.1 Å². The summed E-state index contributed by atoms with van der Waals surface area (Å²) in [6, 6.07) is 86.9. The monoisotopic (exact) mass is 804 g/mol. The largest absolute Gasteiger partial charge is 0.455 e. The Morgan fingerprint density at radius 2 is 0.714 bits per heavy atom. The van der Waals surface area contributed by atoms with Crippen molar-refractivity contribution < 1.29 is 4.42 Å². The Labute approximate surface area is 365 Å². The molecule has 0 aliphatic heterocycles. The second kappa shape index (κ2) is 15.3. The summed E-state index contributed by atoms with van der Waals surface area (Å²) in [5.41, 5.74) is 10.6. The molecule has 0 radical (unpaired) electrons. The Hall–Kier alpha value is -8.40. The van der Waals surface area contributed by atoms with Gasteiger partial charge in [-0.25, -0.2) is 0 Å². The minimum Gasteiger partial charge on any atom is -0.455 e. The van der Waals surface area contributed by atoms with Crippen LogP contribution in [0.25, 0.3) is 76.5 Å². The first-order valence-electron chi connectivity index (χ1n) is 21.5. The number of hydrogen-bond acceptors (Lipinski definition) is 3. The Balaban J connectivity index is 1.19. The van der Waals surface area contributed by atoms with E-state index in [9.17, 15) is 0 Å². The molecule has 1 aromatic heterocycles. The van der Waals surface area contributed by atoms with E-state index in [4.69, 9.17) is 4.42 Å². The Bertz CT molecular complexity index is 3610. The number of benzene rings is 11. The van der Waals surface area contributed by atoms with Gasteiger partial charge in [-0.15, -0.1) is 0 Å². The summed E-state index contributed by atoms with van der Waals surface area (Å²) < 4.78 is 7.37. The fourth-order valence-corrected chi connectivity index (χ4v) is 9.57. The summed E-state index contributed by atoms with van der Waals surface area (Å²) in [6.45, 7) is 0. The minimum absolute atomic E-state index is 0.851. The number of anilines is 6. The van der Waals surface area contributed by atoms with Gasteiger partial charge in [0.25, 0.3) is 0 Å². The number of hydrogen-bond donors (Lipinski definition) is 0. The second-order valence-corrected chi connectivity index (χ2v) is 16.0. The normalized spacial score (nSPS) is 11.5. The summed E-state index contributed by atoms with van der Waals surface area (Å²) in [6.07, 6.45) is 0. The molecular formula is C60H40N2O. The third kappa shape index (κ3) is 6.21. The summed E-state index contributed by atoms with van der Waals surface area (Å²) >= 11 is 0. The molecule has 0 amide bonds. The molecule has 0 saturated heterocycles. The SMILES string of the molecule is c1ccc(-c2oc3c4cc(N(c5ccccc5)c5cccc6ccccc56)ccc4c4ccc(N(c5ccccc5)c5cccc6ccccc56)cc4c3c2-c2ccccc2)cc1. The molecule has 0 unspecified atom stereocenters. The smallest absolute Gasteiger partial charge is 0.144 e. The molecule has 296 valence electrons. The van der Waals surface area contributed by atoms with Crippen molar-refractivity contribution >= 4 is 88.2 Å². The molecule has 11 aromatic carbocycles. The third-order valence-corrected chi connectivity index (χ3v) is 12.4. The summed E-state index contributed by atoms with van der Waals surface area (Å²) in [5, 5.41) is 10.3. The van der Waals surface area contributed by atoms with Crippen LogP contribution in [-0.2, 0) is 0 Å². The summed E-state index contributed by atoms with van der Waals surface area (Å²) in [4.78, 5) is 4.77. The Morgan fingerprint density at radius 1 is 0.286 bits per heavy atom. The van der Waals surface area contributed by atoms with Crippen LogP contribution in [0.4, 0.5) is 34.1 Å². The lowest BCUT2D eigenvalue weighted by Gasteiger charge is -2.28. The molecule has 0 fully saturated rings. The van der Waals surface area contributed by atoms with Crippen molar-refractivity contribution in [1.82, 2.24) is 0 Å². The zero-order valence-electron chi connectivity index (χ0n) is 34.4. The third-order valence-electron chi connectivity index (χ3n) is 12.4. The highest BCUT2D eigenvalue weighted by molar-refractivity contribution is 6.29. The molecule has 1 heterocycles. The van der Waals surface area contributed by atoms with E-state index < -0.39 is 0 Å². The maximum atomic E-state index is 7.37. The van der Waals surface area contributed by atoms with Gasteiger partial charge in [0.2, 0.25) is 0 Å². The summed E-state index contributed by atoms with van der Waals surface area (Å²) in [5.74, 6) is 0.851. The van der Waals surface area contributed by atoms with Crippen molar-refractivity contribution in [3.8, 4) is 22.5 Å². The lowest BCUT2D eigenvalue weighted by molar-refractivity contribution is 0.636. The number of para-hydroxylation sites is 2. The van der Waals surface area contributed by atoms with Gasteiger partial charge in [0, 0.05) is 55.4 Å². The first-order valence-corrected chi connectivity index (χ1v) is 21.5. The van der Waals surface area contributed by atoms with Crippen LogP contribution < -0.4 is 9.80 Å². The molecule has 0 atom stereocenters. The molecule has 3 heteroatoms. The molecule has 12 aromatic rings. The van der Waals surface area contributed by atoms with Crippen molar-refractivity contribution in [1.29, 1.82) is 0 Å². The van der Waals surface area contributed by atoms with Crippen LogP contribution >= 0.6 is 0 Å².